The zero-order valence-corrected chi connectivity index (χ0v) is 17.6. The summed E-state index contributed by atoms with van der Waals surface area (Å²) in [6, 6.07) is 5.72. The third kappa shape index (κ3) is 6.37. The van der Waals surface area contributed by atoms with Crippen LogP contribution in [0, 0.1) is 20.7 Å². The molecule has 1 heterocycles. The van der Waals surface area contributed by atoms with Crippen LogP contribution < -0.4 is 4.74 Å². The molecule has 0 atom stereocenters. The number of nitriles is 1. The standard InChI is InChI=1S/C16H20FIN4O2Si/c1-25(2,3)5-4-23-11-22-20-9-13(21-22)10-24-16-14(17)6-12(8-19)7-15(16)18/h6-7,9H,4-5,10-11H2,1-3H3. The second-order valence-corrected chi connectivity index (χ2v) is 13.5. The van der Waals surface area contributed by atoms with Crippen molar-refractivity contribution in [3.8, 4) is 11.8 Å². The molecule has 9 heteroatoms. The molecule has 0 bridgehead atoms. The fourth-order valence-corrected chi connectivity index (χ4v) is 3.40. The summed E-state index contributed by atoms with van der Waals surface area (Å²) >= 11 is 1.94. The Bertz CT molecular complexity index is 747. The third-order valence-electron chi connectivity index (χ3n) is 3.28. The maximum atomic E-state index is 14.0. The predicted molar refractivity (Wildman–Crippen MR) is 102 cm³/mol. The summed E-state index contributed by atoms with van der Waals surface area (Å²) in [5, 5.41) is 17.2. The van der Waals surface area contributed by atoms with Gasteiger partial charge < -0.3 is 9.47 Å². The first-order chi connectivity index (χ1) is 11.8. The van der Waals surface area contributed by atoms with Crippen molar-refractivity contribution < 1.29 is 13.9 Å². The van der Waals surface area contributed by atoms with E-state index in [0.717, 1.165) is 12.1 Å². The van der Waals surface area contributed by atoms with Crippen molar-refractivity contribution in [2.75, 3.05) is 6.61 Å². The summed E-state index contributed by atoms with van der Waals surface area (Å²) in [4.78, 5) is 1.45. The number of ether oxygens (including phenoxy) is 2. The zero-order valence-electron chi connectivity index (χ0n) is 14.4. The fourth-order valence-electron chi connectivity index (χ4n) is 1.89. The van der Waals surface area contributed by atoms with Crippen LogP contribution >= 0.6 is 22.6 Å². The van der Waals surface area contributed by atoms with Gasteiger partial charge in [-0.05, 0) is 40.8 Å². The molecule has 1 aromatic heterocycles. The molecule has 2 aromatic rings. The minimum Gasteiger partial charge on any atom is -0.483 e. The van der Waals surface area contributed by atoms with Gasteiger partial charge in [0.15, 0.2) is 18.3 Å². The number of benzene rings is 1. The SMILES string of the molecule is C[Si](C)(C)CCOCn1ncc(COc2c(F)cc(C#N)cc2I)n1. The van der Waals surface area contributed by atoms with Gasteiger partial charge in [-0.25, -0.2) is 4.39 Å². The highest BCUT2D eigenvalue weighted by Gasteiger charge is 2.13. The Balaban J connectivity index is 1.87. The van der Waals surface area contributed by atoms with Crippen LogP contribution in [-0.4, -0.2) is 29.7 Å². The van der Waals surface area contributed by atoms with E-state index in [1.165, 1.54) is 4.80 Å². The van der Waals surface area contributed by atoms with Crippen molar-refractivity contribution >= 4 is 30.7 Å². The van der Waals surface area contributed by atoms with Crippen LogP contribution in [-0.2, 0) is 18.1 Å². The molecule has 0 saturated carbocycles. The van der Waals surface area contributed by atoms with Crippen molar-refractivity contribution in [2.45, 2.75) is 39.0 Å². The molecule has 0 amide bonds. The summed E-state index contributed by atoms with van der Waals surface area (Å²) in [7, 11) is -1.11. The van der Waals surface area contributed by atoms with Crippen LogP contribution in [0.4, 0.5) is 4.39 Å². The summed E-state index contributed by atoms with van der Waals surface area (Å²) < 4.78 is 25.6. The Labute approximate surface area is 161 Å². The number of nitrogens with zero attached hydrogens (tertiary/aromatic N) is 4. The molecule has 134 valence electrons. The van der Waals surface area contributed by atoms with Crippen molar-refractivity contribution in [2.24, 2.45) is 0 Å². The molecule has 0 aliphatic rings. The van der Waals surface area contributed by atoms with Crippen molar-refractivity contribution in [1.82, 2.24) is 15.0 Å². The van der Waals surface area contributed by atoms with Gasteiger partial charge in [0.2, 0.25) is 0 Å². The monoisotopic (exact) mass is 474 g/mol. The number of hydrogen-bond donors (Lipinski definition) is 0. The normalized spacial score (nSPS) is 11.4. The van der Waals surface area contributed by atoms with Crippen molar-refractivity contribution in [1.29, 1.82) is 5.26 Å². The summed E-state index contributed by atoms with van der Waals surface area (Å²) in [5.74, 6) is -0.453. The van der Waals surface area contributed by atoms with Gasteiger partial charge in [-0.2, -0.15) is 20.3 Å². The van der Waals surface area contributed by atoms with E-state index in [9.17, 15) is 4.39 Å². The lowest BCUT2D eigenvalue weighted by molar-refractivity contribution is 0.0679. The molecule has 0 aliphatic carbocycles. The number of hydrogen-bond acceptors (Lipinski definition) is 5. The van der Waals surface area contributed by atoms with Gasteiger partial charge in [0, 0.05) is 14.7 Å². The Morgan fingerprint density at radius 2 is 2.12 bits per heavy atom. The van der Waals surface area contributed by atoms with E-state index in [4.69, 9.17) is 14.7 Å². The van der Waals surface area contributed by atoms with E-state index in [2.05, 4.69) is 29.8 Å². The maximum absolute atomic E-state index is 14.0. The van der Waals surface area contributed by atoms with Gasteiger partial charge in [-0.3, -0.25) is 0 Å². The third-order valence-corrected chi connectivity index (χ3v) is 5.78. The van der Waals surface area contributed by atoms with E-state index in [1.807, 2.05) is 28.7 Å². The second-order valence-electron chi connectivity index (χ2n) is 6.73. The van der Waals surface area contributed by atoms with E-state index < -0.39 is 13.9 Å². The maximum Gasteiger partial charge on any atom is 0.168 e. The summed E-state index contributed by atoms with van der Waals surface area (Å²) in [6.07, 6.45) is 1.57. The lowest BCUT2D eigenvalue weighted by Crippen LogP contribution is -2.22. The average Bonchev–Trinajstić information content (AvgIpc) is 2.97. The average molecular weight is 474 g/mol. The van der Waals surface area contributed by atoms with Gasteiger partial charge in [-0.15, -0.1) is 0 Å². The first kappa shape index (κ1) is 19.8. The largest absolute Gasteiger partial charge is 0.483 e. The molecule has 0 spiro atoms. The highest BCUT2D eigenvalue weighted by atomic mass is 127. The van der Waals surface area contributed by atoms with Gasteiger partial charge in [0.1, 0.15) is 12.3 Å². The molecule has 25 heavy (non-hydrogen) atoms. The van der Waals surface area contributed by atoms with E-state index in [-0.39, 0.29) is 24.7 Å². The Morgan fingerprint density at radius 1 is 1.36 bits per heavy atom. The molecule has 6 nitrogen and oxygen atoms in total. The Morgan fingerprint density at radius 3 is 2.76 bits per heavy atom. The molecule has 0 radical (unpaired) electrons. The molecule has 0 saturated heterocycles. The highest BCUT2D eigenvalue weighted by molar-refractivity contribution is 14.1. The van der Waals surface area contributed by atoms with E-state index >= 15 is 0 Å². The summed E-state index contributed by atoms with van der Waals surface area (Å²) in [6.45, 7) is 7.95. The van der Waals surface area contributed by atoms with E-state index in [1.54, 1.807) is 12.3 Å². The quantitative estimate of drug-likeness (QED) is 0.331. The van der Waals surface area contributed by atoms with Gasteiger partial charge in [-0.1, -0.05) is 19.6 Å². The molecule has 0 unspecified atom stereocenters. The highest BCUT2D eigenvalue weighted by Crippen LogP contribution is 2.26. The minimum atomic E-state index is -1.11. The molecule has 0 aliphatic heterocycles. The number of rotatable bonds is 8. The minimum absolute atomic E-state index is 0.0910. The van der Waals surface area contributed by atoms with Gasteiger partial charge in [0.25, 0.3) is 0 Å². The topological polar surface area (TPSA) is 73.0 Å². The van der Waals surface area contributed by atoms with Crippen LogP contribution in [0.1, 0.15) is 11.3 Å². The number of aromatic nitrogens is 3. The Kier molecular flexibility index (Phi) is 6.92. The van der Waals surface area contributed by atoms with Crippen LogP contribution in [0.2, 0.25) is 25.7 Å². The molecule has 1 aromatic carbocycles. The molecule has 2 rings (SSSR count). The van der Waals surface area contributed by atoms with Gasteiger partial charge >= 0.3 is 0 Å². The van der Waals surface area contributed by atoms with E-state index in [0.29, 0.717) is 15.9 Å². The van der Waals surface area contributed by atoms with Gasteiger partial charge in [0.05, 0.1) is 21.4 Å². The zero-order chi connectivity index (χ0) is 18.4. The number of halogens is 2. The van der Waals surface area contributed by atoms with Crippen molar-refractivity contribution in [3.05, 3.63) is 39.0 Å². The lowest BCUT2D eigenvalue weighted by Gasteiger charge is -2.14. The second kappa shape index (κ2) is 8.73. The van der Waals surface area contributed by atoms with Crippen LogP contribution in [0.15, 0.2) is 18.3 Å². The Hall–Kier alpha value is -1.51. The van der Waals surface area contributed by atoms with Crippen LogP contribution in [0.25, 0.3) is 0 Å². The van der Waals surface area contributed by atoms with Crippen LogP contribution in [0.3, 0.4) is 0 Å². The van der Waals surface area contributed by atoms with Crippen LogP contribution in [0.5, 0.6) is 5.75 Å². The summed E-state index contributed by atoms with van der Waals surface area (Å²) in [5.41, 5.74) is 0.837. The predicted octanol–water partition coefficient (Wildman–Crippen LogP) is 3.78. The molecular formula is C16H20FIN4O2Si. The lowest BCUT2D eigenvalue weighted by atomic mass is 10.2. The first-order valence-corrected chi connectivity index (χ1v) is 12.6. The molecule has 0 N–H and O–H groups in total. The molecule has 0 fully saturated rings. The first-order valence-electron chi connectivity index (χ1n) is 7.77. The fraction of sp³-hybridized carbons (Fsp3) is 0.438. The smallest absolute Gasteiger partial charge is 0.168 e. The molecular weight excluding hydrogens is 454 g/mol. The van der Waals surface area contributed by atoms with Crippen molar-refractivity contribution in [3.63, 3.8) is 0 Å².